The standard InChI is InChI=1S/C46H54N8O5/c1-29-24-36(12-8-32(29)26-47)59-44-45(2,3)43(46(44,4)5)50-40(56)31-6-9-34(10-7-31)52-18-16-30(17-19-52)28-51-20-22-53(23-21-51)35-11-13-37-33(25-35)27-48-54(42(37)58)38-14-15-39(55)49-41(38)57/h6-13,24-25,27,30,38,43-44H,14-23,28H2,1-5H3,(H,50,56)(H,49,55,57)/t38-,43?,44?/m0/s1. The number of benzene rings is 3. The summed E-state index contributed by atoms with van der Waals surface area (Å²) in [6.45, 7) is 17.2. The number of piperidine rings is 2. The van der Waals surface area contributed by atoms with Gasteiger partial charge in [0, 0.05) is 91.4 Å². The van der Waals surface area contributed by atoms with Crippen molar-refractivity contribution < 1.29 is 19.1 Å². The normalized spacial score (nSPS) is 23.3. The molecule has 2 N–H and O–H groups in total. The van der Waals surface area contributed by atoms with Crippen molar-refractivity contribution in [2.24, 2.45) is 16.7 Å². The first-order chi connectivity index (χ1) is 28.2. The van der Waals surface area contributed by atoms with Crippen LogP contribution in [-0.4, -0.2) is 90.4 Å². The van der Waals surface area contributed by atoms with E-state index in [1.165, 1.54) is 4.68 Å². The molecule has 3 aliphatic heterocycles. The van der Waals surface area contributed by atoms with Crippen LogP contribution in [0.1, 0.15) is 80.9 Å². The summed E-state index contributed by atoms with van der Waals surface area (Å²) in [4.78, 5) is 58.1. The van der Waals surface area contributed by atoms with Gasteiger partial charge in [-0.3, -0.25) is 29.4 Å². The number of anilines is 2. The maximum Gasteiger partial charge on any atom is 0.275 e. The fourth-order valence-electron chi connectivity index (χ4n) is 10.2. The van der Waals surface area contributed by atoms with Crippen molar-refractivity contribution in [1.29, 1.82) is 5.26 Å². The third-order valence-electron chi connectivity index (χ3n) is 13.4. The van der Waals surface area contributed by atoms with E-state index in [0.29, 0.717) is 22.4 Å². The van der Waals surface area contributed by atoms with Crippen molar-refractivity contribution in [3.63, 3.8) is 0 Å². The Labute approximate surface area is 345 Å². The van der Waals surface area contributed by atoms with Crippen LogP contribution in [0.3, 0.4) is 0 Å². The summed E-state index contributed by atoms with van der Waals surface area (Å²) in [6.07, 6.45) is 4.22. The summed E-state index contributed by atoms with van der Waals surface area (Å²) in [7, 11) is 0. The second kappa shape index (κ2) is 15.8. The maximum atomic E-state index is 13.5. The number of hydrogen-bond acceptors (Lipinski definition) is 10. The van der Waals surface area contributed by atoms with Gasteiger partial charge in [-0.2, -0.15) is 10.4 Å². The van der Waals surface area contributed by atoms with Crippen molar-refractivity contribution in [1.82, 2.24) is 25.3 Å². The number of nitrogens with zero attached hydrogens (tertiary/aromatic N) is 6. The predicted octanol–water partition coefficient (Wildman–Crippen LogP) is 5.20. The van der Waals surface area contributed by atoms with Gasteiger partial charge in [0.2, 0.25) is 5.91 Å². The van der Waals surface area contributed by atoms with Gasteiger partial charge >= 0.3 is 0 Å². The first-order valence-corrected chi connectivity index (χ1v) is 20.9. The van der Waals surface area contributed by atoms with Gasteiger partial charge in [0.25, 0.3) is 17.4 Å². The Morgan fingerprint density at radius 1 is 0.881 bits per heavy atom. The van der Waals surface area contributed by atoms with Crippen LogP contribution in [0.4, 0.5) is 11.4 Å². The van der Waals surface area contributed by atoms with Crippen molar-refractivity contribution in [2.45, 2.75) is 78.5 Å². The third kappa shape index (κ3) is 7.78. The minimum Gasteiger partial charge on any atom is -0.489 e. The zero-order valence-corrected chi connectivity index (χ0v) is 34.7. The molecule has 308 valence electrons. The Balaban J connectivity index is 0.792. The van der Waals surface area contributed by atoms with Crippen LogP contribution in [0.25, 0.3) is 10.8 Å². The molecule has 1 aromatic heterocycles. The van der Waals surface area contributed by atoms with E-state index in [0.717, 1.165) is 86.7 Å². The number of nitrogens with one attached hydrogen (secondary N) is 2. The zero-order valence-electron chi connectivity index (χ0n) is 34.7. The molecule has 1 aliphatic carbocycles. The van der Waals surface area contributed by atoms with Crippen LogP contribution < -0.4 is 30.7 Å². The second-order valence-corrected chi connectivity index (χ2v) is 18.0. The Morgan fingerprint density at radius 2 is 1.56 bits per heavy atom. The van der Waals surface area contributed by atoms with Crippen LogP contribution >= 0.6 is 0 Å². The van der Waals surface area contributed by atoms with E-state index in [2.05, 4.69) is 76.3 Å². The van der Waals surface area contributed by atoms with Gasteiger partial charge in [0.1, 0.15) is 17.9 Å². The lowest BCUT2D eigenvalue weighted by Gasteiger charge is -2.63. The molecule has 4 aromatic rings. The van der Waals surface area contributed by atoms with Gasteiger partial charge in [-0.15, -0.1) is 0 Å². The number of imide groups is 1. The molecule has 4 aliphatic rings. The van der Waals surface area contributed by atoms with E-state index in [4.69, 9.17) is 4.74 Å². The van der Waals surface area contributed by atoms with Crippen molar-refractivity contribution in [3.8, 4) is 11.8 Å². The van der Waals surface area contributed by atoms with Gasteiger partial charge in [-0.25, -0.2) is 4.68 Å². The monoisotopic (exact) mass is 798 g/mol. The van der Waals surface area contributed by atoms with Crippen LogP contribution in [-0.2, 0) is 9.59 Å². The minimum absolute atomic E-state index is 0.0804. The molecule has 0 unspecified atom stereocenters. The van der Waals surface area contributed by atoms with E-state index < -0.39 is 11.9 Å². The number of aromatic nitrogens is 2. The van der Waals surface area contributed by atoms with E-state index >= 15 is 0 Å². The molecule has 8 rings (SSSR count). The third-order valence-corrected chi connectivity index (χ3v) is 13.4. The lowest BCUT2D eigenvalue weighted by molar-refractivity contribution is -0.164. The Morgan fingerprint density at radius 3 is 2.22 bits per heavy atom. The van der Waals surface area contributed by atoms with Gasteiger partial charge in [-0.1, -0.05) is 27.7 Å². The second-order valence-electron chi connectivity index (χ2n) is 18.0. The van der Waals surface area contributed by atoms with E-state index in [1.54, 1.807) is 12.3 Å². The summed E-state index contributed by atoms with van der Waals surface area (Å²) >= 11 is 0. The zero-order chi connectivity index (χ0) is 41.6. The number of piperazine rings is 1. The van der Waals surface area contributed by atoms with Crippen molar-refractivity contribution in [3.05, 3.63) is 93.9 Å². The van der Waals surface area contributed by atoms with Crippen molar-refractivity contribution >= 4 is 39.9 Å². The quantitative estimate of drug-likeness (QED) is 0.216. The minimum atomic E-state index is -0.779. The first kappa shape index (κ1) is 40.1. The van der Waals surface area contributed by atoms with Gasteiger partial charge in [0.05, 0.1) is 23.2 Å². The summed E-state index contributed by atoms with van der Waals surface area (Å²) in [6, 6.07) is 20.7. The molecule has 4 fully saturated rings. The largest absolute Gasteiger partial charge is 0.489 e. The molecule has 1 saturated carbocycles. The van der Waals surface area contributed by atoms with Crippen LogP contribution in [0.2, 0.25) is 0 Å². The molecule has 0 radical (unpaired) electrons. The highest BCUT2D eigenvalue weighted by Gasteiger charge is 2.64. The number of fused-ring (bicyclic) bond motifs is 1. The summed E-state index contributed by atoms with van der Waals surface area (Å²) < 4.78 is 7.68. The summed E-state index contributed by atoms with van der Waals surface area (Å²) in [5.74, 6) is 0.475. The summed E-state index contributed by atoms with van der Waals surface area (Å²) in [5, 5.41) is 20.5. The van der Waals surface area contributed by atoms with Gasteiger partial charge in [0.15, 0.2) is 0 Å². The van der Waals surface area contributed by atoms with Gasteiger partial charge in [-0.05, 0) is 98.3 Å². The van der Waals surface area contributed by atoms with E-state index in [-0.39, 0.29) is 53.2 Å². The molecule has 4 heterocycles. The Kier molecular flexibility index (Phi) is 10.7. The molecule has 13 heteroatoms. The number of amides is 3. The molecule has 3 aromatic carbocycles. The van der Waals surface area contributed by atoms with Gasteiger partial charge < -0.3 is 19.9 Å². The lowest BCUT2D eigenvalue weighted by Crippen LogP contribution is -2.74. The number of nitriles is 1. The Hall–Kier alpha value is -5.74. The van der Waals surface area contributed by atoms with E-state index in [1.807, 2.05) is 49.4 Å². The molecule has 0 spiro atoms. The lowest BCUT2D eigenvalue weighted by atomic mass is 9.49. The van der Waals surface area contributed by atoms with Crippen LogP contribution in [0.5, 0.6) is 5.75 Å². The molecule has 13 nitrogen and oxygen atoms in total. The highest BCUT2D eigenvalue weighted by molar-refractivity contribution is 5.99. The fourth-order valence-corrected chi connectivity index (χ4v) is 10.2. The molecule has 3 amide bonds. The number of ether oxygens (including phenoxy) is 1. The topological polar surface area (TPSA) is 153 Å². The molecular weight excluding hydrogens is 745 g/mol. The average Bonchev–Trinajstić information content (AvgIpc) is 3.22. The Bertz CT molecular complexity index is 2350. The molecule has 59 heavy (non-hydrogen) atoms. The first-order valence-electron chi connectivity index (χ1n) is 20.9. The number of rotatable bonds is 9. The summed E-state index contributed by atoms with van der Waals surface area (Å²) in [5.41, 5.74) is 3.45. The molecule has 3 saturated heterocycles. The average molecular weight is 799 g/mol. The number of carbonyl (C=O) groups is 3. The molecule has 1 atom stereocenters. The SMILES string of the molecule is Cc1cc(OC2C(C)(C)C(NC(=O)c3ccc(N4CCC(CN5CCN(c6ccc7c(=O)n([C@H]8CCC(=O)NC8=O)ncc7c6)CC5)CC4)cc3)C2(C)C)ccc1C#N. The molecular formula is C46H54N8O5. The number of aryl methyl sites for hydroxylation is 1. The van der Waals surface area contributed by atoms with Crippen LogP contribution in [0, 0.1) is 35.0 Å². The smallest absolute Gasteiger partial charge is 0.275 e. The number of carbonyl (C=O) groups excluding carboxylic acids is 3. The number of hydrogen-bond donors (Lipinski definition) is 2. The van der Waals surface area contributed by atoms with E-state index in [9.17, 15) is 24.4 Å². The van der Waals surface area contributed by atoms with Crippen LogP contribution in [0.15, 0.2) is 71.7 Å². The highest BCUT2D eigenvalue weighted by atomic mass is 16.5. The van der Waals surface area contributed by atoms with Crippen molar-refractivity contribution in [2.75, 3.05) is 55.6 Å². The highest BCUT2D eigenvalue weighted by Crippen LogP contribution is 2.55. The maximum absolute atomic E-state index is 13.5. The fraction of sp³-hybridized carbons (Fsp3) is 0.478. The molecule has 0 bridgehead atoms. The predicted molar refractivity (Wildman–Crippen MR) is 227 cm³/mol.